The van der Waals surface area contributed by atoms with Crippen LogP contribution in [0.1, 0.15) is 37.7 Å². The second kappa shape index (κ2) is 6.31. The fourth-order valence-electron chi connectivity index (χ4n) is 3.74. The molecule has 1 spiro atoms. The van der Waals surface area contributed by atoms with Crippen molar-refractivity contribution in [3.8, 4) is 0 Å². The van der Waals surface area contributed by atoms with Crippen LogP contribution in [-0.2, 0) is 6.54 Å². The van der Waals surface area contributed by atoms with Gasteiger partial charge in [-0.2, -0.15) is 0 Å². The molecule has 2 fully saturated rings. The van der Waals surface area contributed by atoms with Crippen LogP contribution in [0.5, 0.6) is 0 Å². The molecule has 0 atom stereocenters. The first kappa shape index (κ1) is 15.4. The molecular formula is C16H21BrF2N2. The van der Waals surface area contributed by atoms with E-state index in [0.29, 0.717) is 11.0 Å². The average Bonchev–Trinajstić information content (AvgIpc) is 2.50. The molecule has 0 amide bonds. The maximum Gasteiger partial charge on any atom is 0.144 e. The van der Waals surface area contributed by atoms with Crippen LogP contribution in [0.3, 0.4) is 0 Å². The van der Waals surface area contributed by atoms with Crippen LogP contribution in [0.15, 0.2) is 16.6 Å². The van der Waals surface area contributed by atoms with Crippen LogP contribution >= 0.6 is 15.9 Å². The molecule has 1 aliphatic carbocycles. The normalized spacial score (nSPS) is 22.6. The fourth-order valence-corrected chi connectivity index (χ4v) is 4.11. The molecule has 1 N–H and O–H groups in total. The van der Waals surface area contributed by atoms with Crippen LogP contribution in [0.2, 0.25) is 0 Å². The molecular weight excluding hydrogens is 338 g/mol. The molecule has 3 rings (SSSR count). The van der Waals surface area contributed by atoms with Crippen LogP contribution < -0.4 is 5.32 Å². The van der Waals surface area contributed by atoms with E-state index in [1.807, 2.05) is 0 Å². The first-order valence-corrected chi connectivity index (χ1v) is 8.50. The molecule has 1 heterocycles. The van der Waals surface area contributed by atoms with Crippen LogP contribution in [0.25, 0.3) is 0 Å². The molecule has 1 saturated carbocycles. The highest BCUT2D eigenvalue weighted by Gasteiger charge is 2.40. The highest BCUT2D eigenvalue weighted by atomic mass is 79.9. The summed E-state index contributed by atoms with van der Waals surface area (Å²) in [6, 6.07) is 2.78. The van der Waals surface area contributed by atoms with Gasteiger partial charge in [0.1, 0.15) is 11.6 Å². The summed E-state index contributed by atoms with van der Waals surface area (Å²) >= 11 is 3.16. The first-order chi connectivity index (χ1) is 10.1. The van der Waals surface area contributed by atoms with E-state index < -0.39 is 11.6 Å². The van der Waals surface area contributed by atoms with E-state index in [2.05, 4.69) is 26.1 Å². The molecule has 0 radical (unpaired) electrons. The standard InChI is InChI=1S/C16H21BrF2N2/c17-13-4-5-14(18)12(15(13)19)10-21-9-8-20-11-16(21)6-2-1-3-7-16/h4-5,20H,1-3,6-11H2. The van der Waals surface area contributed by atoms with Gasteiger partial charge in [-0.05, 0) is 40.9 Å². The smallest absolute Gasteiger partial charge is 0.144 e. The van der Waals surface area contributed by atoms with Crippen LogP contribution in [0, 0.1) is 11.6 Å². The summed E-state index contributed by atoms with van der Waals surface area (Å²) in [4.78, 5) is 2.30. The van der Waals surface area contributed by atoms with Gasteiger partial charge in [-0.15, -0.1) is 0 Å². The Balaban J connectivity index is 1.87. The molecule has 0 bridgehead atoms. The lowest BCUT2D eigenvalue weighted by atomic mass is 9.79. The number of piperazine rings is 1. The Labute approximate surface area is 133 Å². The van der Waals surface area contributed by atoms with Crippen molar-refractivity contribution in [1.82, 2.24) is 10.2 Å². The topological polar surface area (TPSA) is 15.3 Å². The maximum absolute atomic E-state index is 14.2. The number of benzene rings is 1. The van der Waals surface area contributed by atoms with E-state index in [1.165, 1.54) is 31.4 Å². The molecule has 2 aliphatic rings. The molecule has 2 nitrogen and oxygen atoms in total. The van der Waals surface area contributed by atoms with Crippen molar-refractivity contribution >= 4 is 15.9 Å². The second-order valence-electron chi connectivity index (χ2n) is 6.21. The fraction of sp³-hybridized carbons (Fsp3) is 0.625. The Hall–Kier alpha value is -0.520. The number of nitrogens with one attached hydrogen (secondary N) is 1. The first-order valence-electron chi connectivity index (χ1n) is 7.71. The molecule has 1 aliphatic heterocycles. The van der Waals surface area contributed by atoms with Crippen molar-refractivity contribution in [2.24, 2.45) is 0 Å². The number of hydrogen-bond acceptors (Lipinski definition) is 2. The molecule has 0 aromatic heterocycles. The van der Waals surface area contributed by atoms with E-state index in [0.717, 1.165) is 32.5 Å². The van der Waals surface area contributed by atoms with Gasteiger partial charge >= 0.3 is 0 Å². The summed E-state index contributed by atoms with van der Waals surface area (Å²) in [5, 5.41) is 3.46. The third-order valence-corrected chi connectivity index (χ3v) is 5.57. The Morgan fingerprint density at radius 1 is 1.19 bits per heavy atom. The van der Waals surface area contributed by atoms with Gasteiger partial charge in [-0.25, -0.2) is 8.78 Å². The second-order valence-corrected chi connectivity index (χ2v) is 7.06. The van der Waals surface area contributed by atoms with Gasteiger partial charge in [0.05, 0.1) is 4.47 Å². The summed E-state index contributed by atoms with van der Waals surface area (Å²) in [6.45, 7) is 3.04. The van der Waals surface area contributed by atoms with Crippen LogP contribution in [0.4, 0.5) is 8.78 Å². The minimum absolute atomic E-state index is 0.0810. The molecule has 1 aromatic carbocycles. The number of rotatable bonds is 2. The Kier molecular flexibility index (Phi) is 4.62. The van der Waals surface area contributed by atoms with E-state index >= 15 is 0 Å². The molecule has 0 unspecified atom stereocenters. The predicted octanol–water partition coefficient (Wildman–Crippen LogP) is 3.84. The van der Waals surface area contributed by atoms with E-state index in [9.17, 15) is 8.78 Å². The lowest BCUT2D eigenvalue weighted by Crippen LogP contribution is -2.61. The minimum Gasteiger partial charge on any atom is -0.314 e. The van der Waals surface area contributed by atoms with Crippen molar-refractivity contribution < 1.29 is 8.78 Å². The van der Waals surface area contributed by atoms with Gasteiger partial charge in [0.15, 0.2) is 0 Å². The summed E-state index contributed by atoms with van der Waals surface area (Å²) in [7, 11) is 0. The summed E-state index contributed by atoms with van der Waals surface area (Å²) in [5.74, 6) is -0.903. The zero-order chi connectivity index (χ0) is 14.9. The Morgan fingerprint density at radius 2 is 1.95 bits per heavy atom. The van der Waals surface area contributed by atoms with Gasteiger partial charge < -0.3 is 5.32 Å². The van der Waals surface area contributed by atoms with Gasteiger partial charge in [-0.3, -0.25) is 4.90 Å². The van der Waals surface area contributed by atoms with Crippen molar-refractivity contribution in [2.75, 3.05) is 19.6 Å². The van der Waals surface area contributed by atoms with Crippen molar-refractivity contribution in [3.05, 3.63) is 33.8 Å². The summed E-state index contributed by atoms with van der Waals surface area (Å²) < 4.78 is 28.6. The molecule has 1 aromatic rings. The van der Waals surface area contributed by atoms with Crippen molar-refractivity contribution in [1.29, 1.82) is 0 Å². The van der Waals surface area contributed by atoms with E-state index in [1.54, 1.807) is 0 Å². The molecule has 5 heteroatoms. The third kappa shape index (κ3) is 3.01. The largest absolute Gasteiger partial charge is 0.314 e. The molecule has 1 saturated heterocycles. The zero-order valence-electron chi connectivity index (χ0n) is 12.1. The number of nitrogens with zero attached hydrogens (tertiary/aromatic N) is 1. The monoisotopic (exact) mass is 358 g/mol. The predicted molar refractivity (Wildman–Crippen MR) is 83.2 cm³/mol. The molecule has 21 heavy (non-hydrogen) atoms. The van der Waals surface area contributed by atoms with Crippen molar-refractivity contribution in [3.63, 3.8) is 0 Å². The maximum atomic E-state index is 14.2. The number of halogens is 3. The Morgan fingerprint density at radius 3 is 2.71 bits per heavy atom. The van der Waals surface area contributed by atoms with Gasteiger partial charge in [0, 0.05) is 37.3 Å². The lowest BCUT2D eigenvalue weighted by molar-refractivity contribution is 0.0193. The zero-order valence-corrected chi connectivity index (χ0v) is 13.7. The lowest BCUT2D eigenvalue weighted by Gasteiger charge is -2.50. The van der Waals surface area contributed by atoms with E-state index in [4.69, 9.17) is 0 Å². The van der Waals surface area contributed by atoms with Gasteiger partial charge in [0.2, 0.25) is 0 Å². The quantitative estimate of drug-likeness (QED) is 0.808. The minimum atomic E-state index is -0.459. The highest BCUT2D eigenvalue weighted by molar-refractivity contribution is 9.10. The summed E-state index contributed by atoms with van der Waals surface area (Å²) in [6.07, 6.45) is 5.94. The van der Waals surface area contributed by atoms with E-state index in [-0.39, 0.29) is 11.1 Å². The van der Waals surface area contributed by atoms with Gasteiger partial charge in [-0.1, -0.05) is 19.3 Å². The summed E-state index contributed by atoms with van der Waals surface area (Å²) in [5.41, 5.74) is 0.272. The van der Waals surface area contributed by atoms with Crippen molar-refractivity contribution in [2.45, 2.75) is 44.2 Å². The highest BCUT2D eigenvalue weighted by Crippen LogP contribution is 2.36. The van der Waals surface area contributed by atoms with Crippen LogP contribution in [-0.4, -0.2) is 30.1 Å². The SMILES string of the molecule is Fc1ccc(Br)c(F)c1CN1CCNCC12CCCCC2. The number of hydrogen-bond donors (Lipinski definition) is 1. The molecule has 116 valence electrons. The third-order valence-electron chi connectivity index (χ3n) is 4.96. The Bertz CT molecular complexity index is 507. The van der Waals surface area contributed by atoms with Gasteiger partial charge in [0.25, 0.3) is 0 Å². The average molecular weight is 359 g/mol.